The predicted octanol–water partition coefficient (Wildman–Crippen LogP) is 6.71. The van der Waals surface area contributed by atoms with Crippen LogP contribution in [0.15, 0.2) is 55.0 Å². The summed E-state index contributed by atoms with van der Waals surface area (Å²) < 4.78 is 4.46. The minimum absolute atomic E-state index is 0.0614. The SMILES string of the molecule is CC(C)N1CCN(Cc2ccc(Nc3nc(C4CCC5(CC4)CNC(=O)c4cc6cnc(Nc7ccc(N8C[C@@H](C)N(C)[C@@H](C)C8)cn7)nc6n45)c4cc5n(c4n3)C3(CCCCC3)CNC5=O)nc2)CC1. The maximum Gasteiger partial charge on any atom is 0.268 e. The summed E-state index contributed by atoms with van der Waals surface area (Å²) in [6.07, 6.45) is 14.3. The third-order valence-electron chi connectivity index (χ3n) is 17.2. The van der Waals surface area contributed by atoms with Crippen molar-refractivity contribution in [1.82, 2.24) is 64.4 Å². The molecule has 4 fully saturated rings. The van der Waals surface area contributed by atoms with E-state index in [9.17, 15) is 9.59 Å². The highest BCUT2D eigenvalue weighted by atomic mass is 16.2. The third-order valence-corrected chi connectivity index (χ3v) is 17.2. The minimum atomic E-state index is -0.406. The van der Waals surface area contributed by atoms with Crippen molar-refractivity contribution in [2.24, 2.45) is 0 Å². The molecule has 0 radical (unpaired) electrons. The van der Waals surface area contributed by atoms with Crippen LogP contribution >= 0.6 is 0 Å². The molecule has 4 N–H and O–H groups in total. The summed E-state index contributed by atoms with van der Waals surface area (Å²) in [7, 11) is 2.19. The van der Waals surface area contributed by atoms with Crippen LogP contribution in [0.3, 0.4) is 0 Å². The van der Waals surface area contributed by atoms with E-state index in [2.05, 4.69) is 108 Å². The van der Waals surface area contributed by atoms with Gasteiger partial charge < -0.3 is 35.3 Å². The number of anilines is 5. The lowest BCUT2D eigenvalue weighted by molar-refractivity contribution is 0.0821. The Morgan fingerprint density at radius 1 is 0.704 bits per heavy atom. The molecule has 2 saturated carbocycles. The van der Waals surface area contributed by atoms with Crippen molar-refractivity contribution in [3.05, 3.63) is 77.6 Å². The lowest BCUT2D eigenvalue weighted by atomic mass is 9.74. The van der Waals surface area contributed by atoms with Crippen molar-refractivity contribution in [3.8, 4) is 0 Å². The first kappa shape index (κ1) is 45.9. The van der Waals surface area contributed by atoms with Gasteiger partial charge in [0.1, 0.15) is 34.3 Å². The van der Waals surface area contributed by atoms with Gasteiger partial charge >= 0.3 is 0 Å². The summed E-state index contributed by atoms with van der Waals surface area (Å²) in [6, 6.07) is 13.7. The largest absolute Gasteiger partial charge is 0.367 e. The first-order chi connectivity index (χ1) is 34.4. The van der Waals surface area contributed by atoms with E-state index < -0.39 is 5.54 Å². The second-order valence-electron chi connectivity index (χ2n) is 21.9. The van der Waals surface area contributed by atoms with Crippen LogP contribution < -0.4 is 26.2 Å². The molecule has 0 unspecified atom stereocenters. The summed E-state index contributed by atoms with van der Waals surface area (Å²) >= 11 is 0. The molecular weight excluding hydrogens is 893 g/mol. The normalized spacial score (nSPS) is 25.2. The number of nitrogens with one attached hydrogen (secondary N) is 4. The highest BCUT2D eigenvalue weighted by Crippen LogP contribution is 2.48. The van der Waals surface area contributed by atoms with Gasteiger partial charge in [-0.25, -0.2) is 19.9 Å². The molecule has 71 heavy (non-hydrogen) atoms. The number of pyridine rings is 2. The molecule has 10 heterocycles. The van der Waals surface area contributed by atoms with Gasteiger partial charge in [-0.15, -0.1) is 0 Å². The van der Waals surface area contributed by atoms with Crippen LogP contribution in [0.2, 0.25) is 0 Å². The average molecular weight is 961 g/mol. The Labute approximate surface area is 415 Å². The van der Waals surface area contributed by atoms with Crippen LogP contribution in [0.4, 0.5) is 29.2 Å². The molecule has 4 aliphatic heterocycles. The Kier molecular flexibility index (Phi) is 11.7. The van der Waals surface area contributed by atoms with E-state index in [1.54, 1.807) is 6.20 Å². The monoisotopic (exact) mass is 961 g/mol. The molecule has 2 aliphatic carbocycles. The molecule has 6 aliphatic rings. The van der Waals surface area contributed by atoms with E-state index in [1.165, 1.54) is 12.0 Å². The van der Waals surface area contributed by atoms with Gasteiger partial charge in [0.05, 0.1) is 28.7 Å². The Morgan fingerprint density at radius 3 is 2.00 bits per heavy atom. The van der Waals surface area contributed by atoms with Crippen LogP contribution in [0.25, 0.3) is 22.1 Å². The standard InChI is InChI=1S/C53H68N16O2/c1-33(2)66-21-19-65(20-22-66)30-36-9-11-43(54-25-36)60-51-61-45(40-24-42-49(71)57-31-52(15-7-6-8-16-52)69(42)47(40)63-51)37-13-17-53(18-14-37)32-58-48(70)41-23-38-26-56-50(62-46(38)68(41)53)59-44-12-10-39(27-55-44)67-28-34(3)64(5)35(4)29-67/h9-12,23-27,33-35,37H,6-8,13-22,28-32H2,1-5H3,(H,57,71)(H,58,70)(H,54,60,61,63)(H,55,56,59,62)/t34-,35+,37?,53?. The number of likely N-dealkylation sites (N-methyl/N-ethyl adjacent to an activating group) is 1. The molecule has 2 atom stereocenters. The van der Waals surface area contributed by atoms with Gasteiger partial charge in [0.2, 0.25) is 11.9 Å². The number of nitrogens with zero attached hydrogens (tertiary/aromatic N) is 12. The van der Waals surface area contributed by atoms with Gasteiger partial charge in [-0.2, -0.15) is 9.97 Å². The quantitative estimate of drug-likeness (QED) is 0.120. The molecule has 12 rings (SSSR count). The Hall–Kier alpha value is -6.24. The fourth-order valence-corrected chi connectivity index (χ4v) is 12.9. The number of piperazine rings is 2. The fraction of sp³-hybridized carbons (Fsp3) is 0.547. The smallest absolute Gasteiger partial charge is 0.268 e. The summed E-state index contributed by atoms with van der Waals surface area (Å²) in [5.74, 6) is 2.17. The fourth-order valence-electron chi connectivity index (χ4n) is 12.9. The first-order valence-electron chi connectivity index (χ1n) is 26.2. The second-order valence-corrected chi connectivity index (χ2v) is 21.9. The second kappa shape index (κ2) is 18.1. The molecule has 2 amide bonds. The van der Waals surface area contributed by atoms with E-state index in [4.69, 9.17) is 24.9 Å². The maximum atomic E-state index is 13.8. The van der Waals surface area contributed by atoms with Crippen molar-refractivity contribution in [2.45, 2.75) is 127 Å². The number of aromatic nitrogens is 8. The zero-order chi connectivity index (χ0) is 48.6. The van der Waals surface area contributed by atoms with Gasteiger partial charge in [0, 0.05) is 106 Å². The lowest BCUT2D eigenvalue weighted by Crippen LogP contribution is -2.55. The summed E-state index contributed by atoms with van der Waals surface area (Å²) in [5, 5.41) is 15.1. The van der Waals surface area contributed by atoms with Crippen LogP contribution in [0, 0.1) is 0 Å². The van der Waals surface area contributed by atoms with E-state index in [-0.39, 0.29) is 23.3 Å². The van der Waals surface area contributed by atoms with E-state index >= 15 is 0 Å². The molecule has 6 aromatic heterocycles. The Balaban J connectivity index is 0.827. The number of amides is 2. The van der Waals surface area contributed by atoms with Crippen LogP contribution in [-0.2, 0) is 17.6 Å². The molecule has 2 spiro atoms. The van der Waals surface area contributed by atoms with Crippen LogP contribution in [-0.4, -0.2) is 143 Å². The maximum absolute atomic E-state index is 13.8. The minimum Gasteiger partial charge on any atom is -0.367 e. The first-order valence-corrected chi connectivity index (χ1v) is 26.2. The summed E-state index contributed by atoms with van der Waals surface area (Å²) in [5.41, 5.74) is 5.40. The Bertz CT molecular complexity index is 2950. The number of carbonyl (C=O) groups excluding carboxylic acids is 2. The van der Waals surface area contributed by atoms with Gasteiger partial charge in [-0.3, -0.25) is 24.3 Å². The number of fused-ring (bicyclic) bond motifs is 8. The molecule has 0 bridgehead atoms. The van der Waals surface area contributed by atoms with Gasteiger partial charge in [-0.1, -0.05) is 25.3 Å². The molecule has 372 valence electrons. The lowest BCUT2D eigenvalue weighted by Gasteiger charge is -2.45. The molecular formula is C53H68N16O2. The van der Waals surface area contributed by atoms with Crippen molar-refractivity contribution in [2.75, 3.05) is 74.9 Å². The van der Waals surface area contributed by atoms with Crippen molar-refractivity contribution >= 4 is 63.1 Å². The number of rotatable bonds is 9. The van der Waals surface area contributed by atoms with Crippen molar-refractivity contribution in [3.63, 3.8) is 0 Å². The molecule has 18 nitrogen and oxygen atoms in total. The topological polar surface area (TPSA) is 182 Å². The zero-order valence-corrected chi connectivity index (χ0v) is 41.9. The van der Waals surface area contributed by atoms with Gasteiger partial charge in [0.25, 0.3) is 11.8 Å². The van der Waals surface area contributed by atoms with Crippen LogP contribution in [0.5, 0.6) is 0 Å². The summed E-state index contributed by atoms with van der Waals surface area (Å²) in [4.78, 5) is 67.3. The van der Waals surface area contributed by atoms with Crippen molar-refractivity contribution < 1.29 is 9.59 Å². The highest BCUT2D eigenvalue weighted by Gasteiger charge is 2.46. The molecule has 2 saturated heterocycles. The number of hydrogen-bond donors (Lipinski definition) is 4. The van der Waals surface area contributed by atoms with Crippen LogP contribution in [0.1, 0.15) is 124 Å². The van der Waals surface area contributed by atoms with E-state index in [0.717, 1.165) is 131 Å². The molecule has 0 aromatic carbocycles. The predicted molar refractivity (Wildman–Crippen MR) is 276 cm³/mol. The number of hydrogen-bond acceptors (Lipinski definition) is 14. The van der Waals surface area contributed by atoms with Gasteiger partial charge in [-0.05, 0) is 109 Å². The van der Waals surface area contributed by atoms with E-state index in [1.807, 2.05) is 30.6 Å². The number of carbonyl (C=O) groups is 2. The van der Waals surface area contributed by atoms with E-state index in [0.29, 0.717) is 66.1 Å². The average Bonchev–Trinajstić information content (AvgIpc) is 3.98. The van der Waals surface area contributed by atoms with Gasteiger partial charge in [0.15, 0.2) is 0 Å². The molecule has 18 heteroatoms. The highest BCUT2D eigenvalue weighted by molar-refractivity contribution is 6.00. The Morgan fingerprint density at radius 2 is 1.34 bits per heavy atom. The van der Waals surface area contributed by atoms with Crippen molar-refractivity contribution in [1.29, 1.82) is 0 Å². The third kappa shape index (κ3) is 8.34. The zero-order valence-electron chi connectivity index (χ0n) is 41.9. The summed E-state index contributed by atoms with van der Waals surface area (Å²) in [6.45, 7) is 17.2. The molecule has 6 aromatic rings.